The summed E-state index contributed by atoms with van der Waals surface area (Å²) in [6.07, 6.45) is 3.37. The Hall–Kier alpha value is -5.29. The van der Waals surface area contributed by atoms with Crippen molar-refractivity contribution in [2.75, 3.05) is 42.9 Å². The molecule has 1 aromatic carbocycles. The van der Waals surface area contributed by atoms with E-state index in [1.54, 1.807) is 9.80 Å². The molecule has 5 amide bonds. The van der Waals surface area contributed by atoms with Crippen LogP contribution in [-0.4, -0.2) is 92.9 Å². The van der Waals surface area contributed by atoms with Gasteiger partial charge in [0, 0.05) is 56.1 Å². The van der Waals surface area contributed by atoms with Crippen LogP contribution in [0.25, 0.3) is 0 Å². The second kappa shape index (κ2) is 14.4. The predicted octanol–water partition coefficient (Wildman–Crippen LogP) is 3.54. The van der Waals surface area contributed by atoms with Crippen LogP contribution in [0.5, 0.6) is 0 Å². The van der Waals surface area contributed by atoms with E-state index < -0.39 is 53.3 Å². The maximum atomic E-state index is 15.1. The van der Waals surface area contributed by atoms with Crippen molar-refractivity contribution in [2.45, 2.75) is 69.4 Å². The topological polar surface area (TPSA) is 163 Å². The lowest BCUT2D eigenvalue weighted by atomic mass is 9.89. The molecule has 14 nitrogen and oxygen atoms in total. The van der Waals surface area contributed by atoms with Crippen molar-refractivity contribution in [3.8, 4) is 0 Å². The van der Waals surface area contributed by atoms with E-state index in [1.165, 1.54) is 15.8 Å². The molecule has 2 N–H and O–H groups in total. The van der Waals surface area contributed by atoms with E-state index in [9.17, 15) is 32.8 Å². The van der Waals surface area contributed by atoms with Crippen LogP contribution in [0.1, 0.15) is 85.1 Å². The Morgan fingerprint density at radius 1 is 0.962 bits per heavy atom. The maximum Gasteiger partial charge on any atom is 0.284 e. The van der Waals surface area contributed by atoms with Gasteiger partial charge in [-0.05, 0) is 50.7 Å². The molecule has 2 atom stereocenters. The summed E-state index contributed by atoms with van der Waals surface area (Å²) in [6, 6.07) is 1.98. The summed E-state index contributed by atoms with van der Waals surface area (Å²) in [5, 5.41) is 8.61. The number of imide groups is 1. The van der Waals surface area contributed by atoms with Crippen LogP contribution in [0.2, 0.25) is 0 Å². The molecule has 7 rings (SSSR count). The first-order valence-corrected chi connectivity index (χ1v) is 17.2. The fourth-order valence-electron chi connectivity index (χ4n) is 7.77. The number of halogens is 4. The van der Waals surface area contributed by atoms with Crippen LogP contribution in [-0.2, 0) is 19.2 Å². The Morgan fingerprint density at radius 3 is 2.35 bits per heavy atom. The number of carbonyl (C=O) groups excluding carboxylic acids is 5. The average molecular weight is 729 g/mol. The number of alkyl halides is 2. The van der Waals surface area contributed by atoms with E-state index in [2.05, 4.69) is 20.7 Å². The number of oxazole rings is 1. The zero-order valence-corrected chi connectivity index (χ0v) is 27.9. The highest BCUT2D eigenvalue weighted by Crippen LogP contribution is 2.36. The number of hydrogen-bond donors (Lipinski definition) is 2. The molecule has 5 heterocycles. The third-order valence-corrected chi connectivity index (χ3v) is 10.5. The molecule has 3 aromatic rings. The standard InChI is InChI=1S/C34H36F4N8O6/c35-23-11-21(12-24(36)29(23)22-5-6-27(47)41-32(22)49)43-8-7-18(13-43)34(51)44-9-10-45(28(48)15-44)19-1-3-20(4-2-19)46-14-25(30(42-46)31(37)38)40-33(50)26-16-52-17-39-26/h11-12,14,16-20,22,31H,1-10,13,15H2,(H,40,50)(H,41,47,49)/t18-,19?,20?,22-/m1/s1. The van der Waals surface area contributed by atoms with Crippen molar-refractivity contribution < 1.29 is 46.0 Å². The van der Waals surface area contributed by atoms with Gasteiger partial charge in [0.2, 0.25) is 23.6 Å². The number of anilines is 2. The summed E-state index contributed by atoms with van der Waals surface area (Å²) in [4.78, 5) is 71.6. The molecule has 0 bridgehead atoms. The third-order valence-electron chi connectivity index (χ3n) is 10.5. The lowest BCUT2D eigenvalue weighted by Crippen LogP contribution is -2.57. The van der Waals surface area contributed by atoms with Gasteiger partial charge in [0.05, 0.1) is 30.1 Å². The first-order chi connectivity index (χ1) is 25.0. The molecular weight excluding hydrogens is 692 g/mol. The molecule has 2 aromatic heterocycles. The molecule has 0 radical (unpaired) electrons. The number of nitrogens with zero attached hydrogens (tertiary/aromatic N) is 6. The molecule has 4 aliphatic rings. The highest BCUT2D eigenvalue weighted by atomic mass is 19.3. The fraction of sp³-hybridized carbons (Fsp3) is 0.500. The van der Waals surface area contributed by atoms with Crippen molar-refractivity contribution in [1.29, 1.82) is 0 Å². The minimum atomic E-state index is -2.92. The average Bonchev–Trinajstić information content (AvgIpc) is 3.91. The van der Waals surface area contributed by atoms with E-state index >= 15 is 8.78 Å². The number of aromatic nitrogens is 3. The largest absolute Gasteiger partial charge is 0.451 e. The number of piperidine rings is 1. The summed E-state index contributed by atoms with van der Waals surface area (Å²) in [5.41, 5.74) is -0.872. The van der Waals surface area contributed by atoms with Crippen LogP contribution in [0.3, 0.4) is 0 Å². The second-order valence-electron chi connectivity index (χ2n) is 13.6. The highest BCUT2D eigenvalue weighted by molar-refractivity contribution is 6.03. The van der Waals surface area contributed by atoms with Crippen LogP contribution >= 0.6 is 0 Å². The van der Waals surface area contributed by atoms with Crippen LogP contribution < -0.4 is 15.5 Å². The van der Waals surface area contributed by atoms with Gasteiger partial charge in [-0.2, -0.15) is 5.10 Å². The van der Waals surface area contributed by atoms with E-state index in [1.807, 2.05) is 0 Å². The van der Waals surface area contributed by atoms with E-state index in [0.29, 0.717) is 51.7 Å². The number of rotatable bonds is 8. The fourth-order valence-corrected chi connectivity index (χ4v) is 7.77. The van der Waals surface area contributed by atoms with Gasteiger partial charge in [0.1, 0.15) is 17.9 Å². The van der Waals surface area contributed by atoms with Gasteiger partial charge < -0.3 is 24.4 Å². The normalized spacial score (nSPS) is 24.1. The van der Waals surface area contributed by atoms with Crippen LogP contribution in [0.15, 0.2) is 35.4 Å². The van der Waals surface area contributed by atoms with Gasteiger partial charge >= 0.3 is 0 Å². The quantitative estimate of drug-likeness (QED) is 0.261. The number of piperazine rings is 1. The van der Waals surface area contributed by atoms with Crippen LogP contribution in [0.4, 0.5) is 28.9 Å². The highest BCUT2D eigenvalue weighted by Gasteiger charge is 2.39. The molecule has 3 aliphatic heterocycles. The number of amides is 5. The van der Waals surface area contributed by atoms with Gasteiger partial charge in [-0.1, -0.05) is 0 Å². The first kappa shape index (κ1) is 35.1. The lowest BCUT2D eigenvalue weighted by Gasteiger charge is -2.42. The summed E-state index contributed by atoms with van der Waals surface area (Å²) in [5.74, 6) is -5.70. The van der Waals surface area contributed by atoms with Crippen molar-refractivity contribution in [3.63, 3.8) is 0 Å². The smallest absolute Gasteiger partial charge is 0.284 e. The Morgan fingerprint density at radius 2 is 1.69 bits per heavy atom. The second-order valence-corrected chi connectivity index (χ2v) is 13.6. The predicted molar refractivity (Wildman–Crippen MR) is 173 cm³/mol. The summed E-state index contributed by atoms with van der Waals surface area (Å²) < 4.78 is 64.0. The molecule has 0 spiro atoms. The minimum absolute atomic E-state index is 0.0104. The zero-order valence-electron chi connectivity index (χ0n) is 27.9. The molecule has 1 saturated carbocycles. The van der Waals surface area contributed by atoms with E-state index in [0.717, 1.165) is 24.8 Å². The van der Waals surface area contributed by atoms with Gasteiger partial charge in [-0.3, -0.25) is 34.0 Å². The van der Waals surface area contributed by atoms with Crippen molar-refractivity contribution in [2.24, 2.45) is 5.92 Å². The molecule has 52 heavy (non-hydrogen) atoms. The molecule has 18 heteroatoms. The van der Waals surface area contributed by atoms with Crippen LogP contribution in [0, 0.1) is 17.6 Å². The van der Waals surface area contributed by atoms with Crippen molar-refractivity contribution in [1.82, 2.24) is 29.9 Å². The van der Waals surface area contributed by atoms with Gasteiger partial charge in [0.15, 0.2) is 17.8 Å². The Labute approximate surface area is 294 Å². The van der Waals surface area contributed by atoms with E-state index in [4.69, 9.17) is 4.42 Å². The summed E-state index contributed by atoms with van der Waals surface area (Å²) in [6.45, 7) is 1.15. The number of carbonyl (C=O) groups is 5. The number of hydrogen-bond acceptors (Lipinski definition) is 9. The Bertz CT molecular complexity index is 1860. The maximum absolute atomic E-state index is 15.1. The van der Waals surface area contributed by atoms with Gasteiger partial charge in [-0.25, -0.2) is 22.5 Å². The van der Waals surface area contributed by atoms with Gasteiger partial charge in [-0.15, -0.1) is 0 Å². The zero-order chi connectivity index (χ0) is 36.7. The number of benzene rings is 1. The van der Waals surface area contributed by atoms with Crippen molar-refractivity contribution >= 4 is 40.9 Å². The first-order valence-electron chi connectivity index (χ1n) is 17.2. The monoisotopic (exact) mass is 728 g/mol. The third kappa shape index (κ3) is 6.97. The van der Waals surface area contributed by atoms with Gasteiger partial charge in [0.25, 0.3) is 12.3 Å². The summed E-state index contributed by atoms with van der Waals surface area (Å²) in [7, 11) is 0. The SMILES string of the molecule is O=C1CC[C@H](c2c(F)cc(N3CC[C@@H](C(=O)N4CCN(C5CCC(n6cc(NC(=O)c7cocn7)c(C(F)F)n6)CC5)C(=O)C4)C3)cc2F)C(=O)N1. The minimum Gasteiger partial charge on any atom is -0.451 e. The molecule has 0 unspecified atom stereocenters. The van der Waals surface area contributed by atoms with E-state index in [-0.39, 0.29) is 72.5 Å². The number of nitrogens with one attached hydrogen (secondary N) is 2. The molecule has 276 valence electrons. The molecule has 1 aliphatic carbocycles. The summed E-state index contributed by atoms with van der Waals surface area (Å²) >= 11 is 0. The Kier molecular flexibility index (Phi) is 9.71. The molecule has 3 saturated heterocycles. The lowest BCUT2D eigenvalue weighted by molar-refractivity contribution is -0.149. The molecular formula is C34H36F4N8O6. The molecule has 4 fully saturated rings. The van der Waals surface area contributed by atoms with Crippen molar-refractivity contribution in [3.05, 3.63) is 59.6 Å². The Balaban J connectivity index is 0.913.